The standard InChI is InChI=1S/C19H18N4O3S/c1-12(27-19-21-17(22-23-19)14-5-3-2-4-6-14)18(24)20-10-13-7-8-15-16(9-13)26-11-25-15/h2-9,12H,10-11H2,1H3,(H,20,24)(H,21,22,23)/t12-/m1/s1. The zero-order chi connectivity index (χ0) is 18.6. The molecule has 4 rings (SSSR count). The number of thioether (sulfide) groups is 1. The van der Waals surface area contributed by atoms with Crippen molar-refractivity contribution in [2.45, 2.75) is 23.9 Å². The predicted molar refractivity (Wildman–Crippen MR) is 102 cm³/mol. The summed E-state index contributed by atoms with van der Waals surface area (Å²) in [5, 5.41) is 10.2. The van der Waals surface area contributed by atoms with E-state index in [1.807, 2.05) is 55.5 Å². The number of ether oxygens (including phenoxy) is 2. The molecule has 0 saturated carbocycles. The Kier molecular flexibility index (Phi) is 4.97. The van der Waals surface area contributed by atoms with Gasteiger partial charge < -0.3 is 14.8 Å². The van der Waals surface area contributed by atoms with Crippen LogP contribution in [-0.4, -0.2) is 33.1 Å². The molecular weight excluding hydrogens is 364 g/mol. The van der Waals surface area contributed by atoms with Crippen molar-refractivity contribution in [1.29, 1.82) is 0 Å². The molecule has 3 aromatic rings. The number of amides is 1. The third kappa shape index (κ3) is 4.06. The Morgan fingerprint density at radius 1 is 1.22 bits per heavy atom. The second kappa shape index (κ2) is 7.71. The molecule has 138 valence electrons. The number of carbonyl (C=O) groups excluding carboxylic acids is 1. The summed E-state index contributed by atoms with van der Waals surface area (Å²) < 4.78 is 10.6. The van der Waals surface area contributed by atoms with Crippen molar-refractivity contribution in [3.63, 3.8) is 0 Å². The second-order valence-corrected chi connectivity index (χ2v) is 7.31. The lowest BCUT2D eigenvalue weighted by atomic mass is 10.2. The van der Waals surface area contributed by atoms with Crippen LogP contribution in [0.15, 0.2) is 53.7 Å². The molecule has 2 heterocycles. The summed E-state index contributed by atoms with van der Waals surface area (Å²) in [6.07, 6.45) is 0. The van der Waals surface area contributed by atoms with Crippen LogP contribution in [0, 0.1) is 0 Å². The average Bonchev–Trinajstić information content (AvgIpc) is 3.35. The number of aromatic amines is 1. The molecule has 0 spiro atoms. The Morgan fingerprint density at radius 3 is 2.89 bits per heavy atom. The summed E-state index contributed by atoms with van der Waals surface area (Å²) >= 11 is 1.31. The highest BCUT2D eigenvalue weighted by Crippen LogP contribution is 2.32. The maximum Gasteiger partial charge on any atom is 0.233 e. The van der Waals surface area contributed by atoms with E-state index in [9.17, 15) is 4.79 Å². The minimum absolute atomic E-state index is 0.0799. The zero-order valence-corrected chi connectivity index (χ0v) is 15.5. The number of carbonyl (C=O) groups is 1. The summed E-state index contributed by atoms with van der Waals surface area (Å²) in [6.45, 7) is 2.49. The molecule has 2 aromatic carbocycles. The minimum Gasteiger partial charge on any atom is -0.454 e. The molecule has 0 aliphatic carbocycles. The number of nitrogens with one attached hydrogen (secondary N) is 2. The molecule has 0 fully saturated rings. The van der Waals surface area contributed by atoms with Crippen molar-refractivity contribution < 1.29 is 14.3 Å². The van der Waals surface area contributed by atoms with Crippen LogP contribution in [0.2, 0.25) is 0 Å². The van der Waals surface area contributed by atoms with Crippen LogP contribution in [0.3, 0.4) is 0 Å². The molecule has 2 N–H and O–H groups in total. The minimum atomic E-state index is -0.321. The number of aromatic nitrogens is 3. The lowest BCUT2D eigenvalue weighted by Gasteiger charge is -2.10. The lowest BCUT2D eigenvalue weighted by Crippen LogP contribution is -2.30. The largest absolute Gasteiger partial charge is 0.454 e. The van der Waals surface area contributed by atoms with Crippen molar-refractivity contribution in [3.05, 3.63) is 54.1 Å². The predicted octanol–water partition coefficient (Wildman–Crippen LogP) is 3.00. The Morgan fingerprint density at radius 2 is 2.04 bits per heavy atom. The fourth-order valence-electron chi connectivity index (χ4n) is 2.62. The summed E-state index contributed by atoms with van der Waals surface area (Å²) in [5.41, 5.74) is 1.91. The maximum atomic E-state index is 12.4. The summed E-state index contributed by atoms with van der Waals surface area (Å²) in [5.74, 6) is 2.04. The van der Waals surface area contributed by atoms with Gasteiger partial charge in [0.2, 0.25) is 17.9 Å². The number of nitrogens with zero attached hydrogens (tertiary/aromatic N) is 2. The number of H-pyrrole nitrogens is 1. The lowest BCUT2D eigenvalue weighted by molar-refractivity contribution is -0.120. The van der Waals surface area contributed by atoms with E-state index in [-0.39, 0.29) is 18.0 Å². The number of benzene rings is 2. The van der Waals surface area contributed by atoms with Crippen LogP contribution in [0.25, 0.3) is 11.4 Å². The van der Waals surface area contributed by atoms with E-state index in [1.54, 1.807) is 0 Å². The van der Waals surface area contributed by atoms with Gasteiger partial charge >= 0.3 is 0 Å². The molecule has 1 atom stereocenters. The van der Waals surface area contributed by atoms with Crippen molar-refractivity contribution >= 4 is 17.7 Å². The second-order valence-electron chi connectivity index (χ2n) is 6.00. The average molecular weight is 382 g/mol. The van der Waals surface area contributed by atoms with Gasteiger partial charge in [-0.15, -0.1) is 5.10 Å². The van der Waals surface area contributed by atoms with Gasteiger partial charge in [-0.25, -0.2) is 4.98 Å². The van der Waals surface area contributed by atoms with Gasteiger partial charge in [-0.1, -0.05) is 48.2 Å². The number of rotatable bonds is 6. The molecule has 1 amide bonds. The van der Waals surface area contributed by atoms with Crippen LogP contribution in [0.4, 0.5) is 0 Å². The first-order valence-corrected chi connectivity index (χ1v) is 9.38. The van der Waals surface area contributed by atoms with E-state index in [4.69, 9.17) is 9.47 Å². The van der Waals surface area contributed by atoms with Crippen molar-refractivity contribution in [2.75, 3.05) is 6.79 Å². The van der Waals surface area contributed by atoms with E-state index in [2.05, 4.69) is 20.5 Å². The zero-order valence-electron chi connectivity index (χ0n) is 14.6. The molecule has 0 bridgehead atoms. The monoisotopic (exact) mass is 382 g/mol. The van der Waals surface area contributed by atoms with Gasteiger partial charge in [0.25, 0.3) is 0 Å². The Labute approximate surface area is 160 Å². The van der Waals surface area contributed by atoms with Gasteiger partial charge in [-0.05, 0) is 24.6 Å². The first-order valence-electron chi connectivity index (χ1n) is 8.50. The van der Waals surface area contributed by atoms with Crippen LogP contribution in [0.1, 0.15) is 12.5 Å². The fraction of sp³-hybridized carbons (Fsp3) is 0.211. The van der Waals surface area contributed by atoms with Crippen LogP contribution in [-0.2, 0) is 11.3 Å². The molecule has 1 aromatic heterocycles. The van der Waals surface area contributed by atoms with Crippen LogP contribution >= 0.6 is 11.8 Å². The van der Waals surface area contributed by atoms with Gasteiger partial charge in [0, 0.05) is 12.1 Å². The molecule has 1 aliphatic rings. The third-order valence-electron chi connectivity index (χ3n) is 4.07. The first kappa shape index (κ1) is 17.4. The number of hydrogen-bond donors (Lipinski definition) is 2. The normalized spacial score (nSPS) is 13.4. The topological polar surface area (TPSA) is 89.1 Å². The van der Waals surface area contributed by atoms with Crippen molar-refractivity contribution in [2.24, 2.45) is 0 Å². The molecular formula is C19H18N4O3S. The number of hydrogen-bond acceptors (Lipinski definition) is 6. The highest BCUT2D eigenvalue weighted by Gasteiger charge is 2.18. The van der Waals surface area contributed by atoms with E-state index < -0.39 is 0 Å². The molecule has 27 heavy (non-hydrogen) atoms. The van der Waals surface area contributed by atoms with Crippen LogP contribution in [0.5, 0.6) is 11.5 Å². The molecule has 1 aliphatic heterocycles. The molecule has 0 saturated heterocycles. The van der Waals surface area contributed by atoms with E-state index in [0.29, 0.717) is 23.3 Å². The third-order valence-corrected chi connectivity index (χ3v) is 5.03. The summed E-state index contributed by atoms with van der Waals surface area (Å²) in [4.78, 5) is 16.8. The highest BCUT2D eigenvalue weighted by molar-refractivity contribution is 8.00. The van der Waals surface area contributed by atoms with Gasteiger partial charge in [-0.3, -0.25) is 9.89 Å². The van der Waals surface area contributed by atoms with Gasteiger partial charge in [-0.2, -0.15) is 0 Å². The SMILES string of the molecule is C[C@@H](Sc1n[nH]c(-c2ccccc2)n1)C(=O)NCc1ccc2c(c1)OCO2. The van der Waals surface area contributed by atoms with Gasteiger partial charge in [0.1, 0.15) is 0 Å². The fourth-order valence-corrected chi connectivity index (χ4v) is 3.37. The van der Waals surface area contributed by atoms with E-state index >= 15 is 0 Å². The smallest absolute Gasteiger partial charge is 0.233 e. The van der Waals surface area contributed by atoms with Gasteiger partial charge in [0.05, 0.1) is 5.25 Å². The van der Waals surface area contributed by atoms with Gasteiger partial charge in [0.15, 0.2) is 17.3 Å². The number of fused-ring (bicyclic) bond motifs is 1. The molecule has 0 radical (unpaired) electrons. The van der Waals surface area contributed by atoms with Crippen molar-refractivity contribution in [3.8, 4) is 22.9 Å². The molecule has 7 nitrogen and oxygen atoms in total. The molecule has 8 heteroatoms. The van der Waals surface area contributed by atoms with Crippen LogP contribution < -0.4 is 14.8 Å². The quantitative estimate of drug-likeness (QED) is 0.637. The van der Waals surface area contributed by atoms with E-state index in [0.717, 1.165) is 16.9 Å². The Balaban J connectivity index is 1.32. The van der Waals surface area contributed by atoms with E-state index in [1.165, 1.54) is 11.8 Å². The Bertz CT molecular complexity index is 945. The summed E-state index contributed by atoms with van der Waals surface area (Å²) in [7, 11) is 0. The Hall–Kier alpha value is -3.00. The van der Waals surface area contributed by atoms with Crippen molar-refractivity contribution in [1.82, 2.24) is 20.5 Å². The highest BCUT2D eigenvalue weighted by atomic mass is 32.2. The maximum absolute atomic E-state index is 12.4. The molecule has 0 unspecified atom stereocenters. The first-order chi connectivity index (χ1) is 13.2. The summed E-state index contributed by atoms with van der Waals surface area (Å²) in [6, 6.07) is 15.4.